The van der Waals surface area contributed by atoms with E-state index >= 15 is 0 Å². The molecule has 0 atom stereocenters. The van der Waals surface area contributed by atoms with Crippen molar-refractivity contribution < 1.29 is 0 Å². The number of anilines is 3. The van der Waals surface area contributed by atoms with Crippen LogP contribution in [0.4, 0.5) is 17.1 Å². The number of nitrogens with one attached hydrogen (secondary N) is 1. The van der Waals surface area contributed by atoms with E-state index in [4.69, 9.17) is 28.9 Å². The van der Waals surface area contributed by atoms with Gasteiger partial charge in [-0.25, -0.2) is 0 Å². The molecule has 0 unspecified atom stereocenters. The zero-order chi connectivity index (χ0) is 12.4. The lowest BCUT2D eigenvalue weighted by Crippen LogP contribution is -1.98. The zero-order valence-electron chi connectivity index (χ0n) is 9.30. The molecule has 0 heterocycles. The first-order chi connectivity index (χ1) is 8.08. The van der Waals surface area contributed by atoms with Crippen LogP contribution in [0.1, 0.15) is 5.56 Å². The molecular formula is C13H12Cl2N2. The number of halogens is 2. The number of rotatable bonds is 2. The quantitative estimate of drug-likeness (QED) is 0.778. The Morgan fingerprint density at radius 3 is 2.59 bits per heavy atom. The molecule has 0 aliphatic heterocycles. The van der Waals surface area contributed by atoms with Crippen molar-refractivity contribution in [1.29, 1.82) is 0 Å². The van der Waals surface area contributed by atoms with Crippen LogP contribution in [-0.2, 0) is 0 Å². The monoisotopic (exact) mass is 266 g/mol. The molecular weight excluding hydrogens is 255 g/mol. The summed E-state index contributed by atoms with van der Waals surface area (Å²) in [5.74, 6) is 0. The van der Waals surface area contributed by atoms with E-state index in [9.17, 15) is 0 Å². The van der Waals surface area contributed by atoms with E-state index in [1.807, 2.05) is 25.1 Å². The Labute approximate surface area is 110 Å². The van der Waals surface area contributed by atoms with Crippen LogP contribution in [0.25, 0.3) is 0 Å². The molecule has 2 rings (SSSR count). The number of nitrogen functional groups attached to an aromatic ring is 1. The van der Waals surface area contributed by atoms with Gasteiger partial charge in [-0.05, 0) is 36.8 Å². The molecule has 0 aliphatic rings. The molecule has 2 aromatic rings. The van der Waals surface area contributed by atoms with Gasteiger partial charge in [0.2, 0.25) is 0 Å². The minimum Gasteiger partial charge on any atom is -0.397 e. The van der Waals surface area contributed by atoms with Gasteiger partial charge in [-0.2, -0.15) is 0 Å². The SMILES string of the molecule is Cc1cccc(Cl)c1Nc1cc(Cl)ccc1N. The number of para-hydroxylation sites is 1. The van der Waals surface area contributed by atoms with Crippen LogP contribution in [0.2, 0.25) is 10.0 Å². The third-order valence-corrected chi connectivity index (χ3v) is 3.05. The maximum atomic E-state index is 6.14. The van der Waals surface area contributed by atoms with Gasteiger partial charge in [0, 0.05) is 5.02 Å². The molecule has 0 aliphatic carbocycles. The Bertz CT molecular complexity index is 533. The van der Waals surface area contributed by atoms with E-state index in [1.54, 1.807) is 18.2 Å². The summed E-state index contributed by atoms with van der Waals surface area (Å²) >= 11 is 12.1. The Hall–Kier alpha value is -1.38. The fourth-order valence-electron chi connectivity index (χ4n) is 1.56. The number of hydrogen-bond acceptors (Lipinski definition) is 2. The van der Waals surface area contributed by atoms with E-state index in [1.165, 1.54) is 0 Å². The summed E-state index contributed by atoms with van der Waals surface area (Å²) in [5.41, 5.74) is 9.17. The zero-order valence-corrected chi connectivity index (χ0v) is 10.8. The number of hydrogen-bond donors (Lipinski definition) is 2. The Morgan fingerprint density at radius 2 is 1.88 bits per heavy atom. The highest BCUT2D eigenvalue weighted by atomic mass is 35.5. The molecule has 0 saturated carbocycles. The van der Waals surface area contributed by atoms with Crippen LogP contribution in [0.15, 0.2) is 36.4 Å². The summed E-state index contributed by atoms with van der Waals surface area (Å²) in [6, 6.07) is 11.0. The summed E-state index contributed by atoms with van der Waals surface area (Å²) in [6.07, 6.45) is 0. The number of benzene rings is 2. The van der Waals surface area contributed by atoms with Crippen LogP contribution < -0.4 is 11.1 Å². The maximum Gasteiger partial charge on any atom is 0.0643 e. The second kappa shape index (κ2) is 4.86. The topological polar surface area (TPSA) is 38.0 Å². The van der Waals surface area contributed by atoms with Crippen LogP contribution in [-0.4, -0.2) is 0 Å². The molecule has 0 bridgehead atoms. The van der Waals surface area contributed by atoms with E-state index in [0.717, 1.165) is 16.9 Å². The average molecular weight is 267 g/mol. The molecule has 4 heteroatoms. The lowest BCUT2D eigenvalue weighted by atomic mass is 10.2. The first-order valence-electron chi connectivity index (χ1n) is 5.15. The van der Waals surface area contributed by atoms with Crippen molar-refractivity contribution in [2.24, 2.45) is 0 Å². The smallest absolute Gasteiger partial charge is 0.0643 e. The van der Waals surface area contributed by atoms with Gasteiger partial charge in [0.05, 0.1) is 22.1 Å². The minimum atomic E-state index is 0.631. The van der Waals surface area contributed by atoms with Crippen molar-refractivity contribution in [3.8, 4) is 0 Å². The molecule has 0 fully saturated rings. The Morgan fingerprint density at radius 1 is 1.12 bits per heavy atom. The highest BCUT2D eigenvalue weighted by molar-refractivity contribution is 6.33. The molecule has 0 amide bonds. The van der Waals surface area contributed by atoms with Gasteiger partial charge in [-0.3, -0.25) is 0 Å². The molecule has 0 radical (unpaired) electrons. The molecule has 2 nitrogen and oxygen atoms in total. The molecule has 0 spiro atoms. The first-order valence-corrected chi connectivity index (χ1v) is 5.90. The Balaban J connectivity index is 2.41. The highest BCUT2D eigenvalue weighted by Gasteiger charge is 2.06. The summed E-state index contributed by atoms with van der Waals surface area (Å²) in [4.78, 5) is 0. The van der Waals surface area contributed by atoms with Crippen molar-refractivity contribution >= 4 is 40.3 Å². The van der Waals surface area contributed by atoms with Crippen molar-refractivity contribution in [3.05, 3.63) is 52.0 Å². The molecule has 3 N–H and O–H groups in total. The largest absolute Gasteiger partial charge is 0.397 e. The van der Waals surface area contributed by atoms with Crippen molar-refractivity contribution in [2.45, 2.75) is 6.92 Å². The molecule has 17 heavy (non-hydrogen) atoms. The van der Waals surface area contributed by atoms with Crippen LogP contribution >= 0.6 is 23.2 Å². The van der Waals surface area contributed by atoms with E-state index in [2.05, 4.69) is 5.32 Å². The van der Waals surface area contributed by atoms with Gasteiger partial charge in [0.25, 0.3) is 0 Å². The predicted molar refractivity (Wildman–Crippen MR) is 75.3 cm³/mol. The minimum absolute atomic E-state index is 0.631. The molecule has 0 aromatic heterocycles. The summed E-state index contributed by atoms with van der Waals surface area (Å²) in [7, 11) is 0. The van der Waals surface area contributed by atoms with Gasteiger partial charge < -0.3 is 11.1 Å². The fourth-order valence-corrected chi connectivity index (χ4v) is 2.00. The normalized spacial score (nSPS) is 10.3. The summed E-state index contributed by atoms with van der Waals surface area (Å²) < 4.78 is 0. The van der Waals surface area contributed by atoms with Gasteiger partial charge in [0.15, 0.2) is 0 Å². The summed E-state index contributed by atoms with van der Waals surface area (Å²) in [6.45, 7) is 1.98. The standard InChI is InChI=1S/C13H12Cl2N2/c1-8-3-2-4-10(15)13(8)17-12-7-9(14)5-6-11(12)16/h2-7,17H,16H2,1H3. The summed E-state index contributed by atoms with van der Waals surface area (Å²) in [5, 5.41) is 4.50. The van der Waals surface area contributed by atoms with E-state index in [-0.39, 0.29) is 0 Å². The van der Waals surface area contributed by atoms with Gasteiger partial charge >= 0.3 is 0 Å². The van der Waals surface area contributed by atoms with Crippen LogP contribution in [0, 0.1) is 6.92 Å². The van der Waals surface area contributed by atoms with Crippen molar-refractivity contribution in [2.75, 3.05) is 11.1 Å². The average Bonchev–Trinajstić information content (AvgIpc) is 2.28. The highest BCUT2D eigenvalue weighted by Crippen LogP contribution is 2.32. The molecule has 0 saturated heterocycles. The lowest BCUT2D eigenvalue weighted by molar-refractivity contribution is 1.43. The maximum absolute atomic E-state index is 6.14. The van der Waals surface area contributed by atoms with Gasteiger partial charge in [-0.1, -0.05) is 35.3 Å². The third kappa shape index (κ3) is 2.65. The third-order valence-electron chi connectivity index (χ3n) is 2.50. The van der Waals surface area contributed by atoms with Gasteiger partial charge in [-0.15, -0.1) is 0 Å². The van der Waals surface area contributed by atoms with Crippen LogP contribution in [0.3, 0.4) is 0 Å². The van der Waals surface area contributed by atoms with Crippen molar-refractivity contribution in [3.63, 3.8) is 0 Å². The lowest BCUT2D eigenvalue weighted by Gasteiger charge is -2.13. The number of aryl methyl sites for hydroxylation is 1. The molecule has 2 aromatic carbocycles. The van der Waals surface area contributed by atoms with E-state index < -0.39 is 0 Å². The second-order valence-electron chi connectivity index (χ2n) is 3.79. The Kier molecular flexibility index (Phi) is 3.46. The second-order valence-corrected chi connectivity index (χ2v) is 4.63. The first kappa shape index (κ1) is 12.1. The molecule has 88 valence electrons. The fraction of sp³-hybridized carbons (Fsp3) is 0.0769. The van der Waals surface area contributed by atoms with Gasteiger partial charge in [0.1, 0.15) is 0 Å². The number of nitrogens with two attached hydrogens (primary N) is 1. The van der Waals surface area contributed by atoms with E-state index in [0.29, 0.717) is 15.7 Å². The van der Waals surface area contributed by atoms with Crippen molar-refractivity contribution in [1.82, 2.24) is 0 Å². The van der Waals surface area contributed by atoms with Crippen LogP contribution in [0.5, 0.6) is 0 Å². The predicted octanol–water partition coefficient (Wildman–Crippen LogP) is 4.63.